The SMILES string of the molecule is Brc1csc2ncnc(I)c12. The average Bonchev–Trinajstić information content (AvgIpc) is 2.34. The van der Waals surface area contributed by atoms with Crippen LogP contribution in [0, 0.1) is 3.70 Å². The van der Waals surface area contributed by atoms with Crippen LogP contribution >= 0.6 is 49.9 Å². The normalized spacial score (nSPS) is 10.7. The number of fused-ring (bicyclic) bond motifs is 1. The summed E-state index contributed by atoms with van der Waals surface area (Å²) < 4.78 is 2.09. The van der Waals surface area contributed by atoms with E-state index < -0.39 is 0 Å². The highest BCUT2D eigenvalue weighted by Crippen LogP contribution is 2.30. The highest BCUT2D eigenvalue weighted by molar-refractivity contribution is 14.1. The van der Waals surface area contributed by atoms with Crippen LogP contribution in [0.25, 0.3) is 10.2 Å². The van der Waals surface area contributed by atoms with Crippen molar-refractivity contribution in [2.45, 2.75) is 0 Å². The summed E-state index contributed by atoms with van der Waals surface area (Å²) >= 11 is 7.27. The summed E-state index contributed by atoms with van der Waals surface area (Å²) in [7, 11) is 0. The molecule has 2 aromatic rings. The topological polar surface area (TPSA) is 25.8 Å². The van der Waals surface area contributed by atoms with E-state index in [1.807, 2.05) is 5.38 Å². The number of nitrogens with zero attached hydrogens (tertiary/aromatic N) is 2. The molecule has 2 nitrogen and oxygen atoms in total. The maximum atomic E-state index is 4.14. The van der Waals surface area contributed by atoms with E-state index in [9.17, 15) is 0 Å². The van der Waals surface area contributed by atoms with Gasteiger partial charge in [-0.2, -0.15) is 0 Å². The molecule has 0 saturated heterocycles. The third kappa shape index (κ3) is 1.29. The van der Waals surface area contributed by atoms with Gasteiger partial charge in [0.15, 0.2) is 0 Å². The molecule has 0 spiro atoms. The average molecular weight is 341 g/mol. The number of hydrogen-bond donors (Lipinski definition) is 0. The Morgan fingerprint density at radius 2 is 2.27 bits per heavy atom. The summed E-state index contributed by atoms with van der Waals surface area (Å²) in [5.74, 6) is 0. The van der Waals surface area contributed by atoms with Crippen LogP contribution in [-0.2, 0) is 0 Å². The lowest BCUT2D eigenvalue weighted by Crippen LogP contribution is -1.81. The minimum Gasteiger partial charge on any atom is -0.230 e. The maximum Gasteiger partial charge on any atom is 0.128 e. The molecule has 11 heavy (non-hydrogen) atoms. The van der Waals surface area contributed by atoms with Crippen molar-refractivity contribution in [2.24, 2.45) is 0 Å². The number of hydrogen-bond acceptors (Lipinski definition) is 3. The quantitative estimate of drug-likeness (QED) is 0.544. The Bertz CT molecular complexity index is 400. The minimum atomic E-state index is 1.00. The maximum absolute atomic E-state index is 4.14. The van der Waals surface area contributed by atoms with E-state index in [2.05, 4.69) is 48.5 Å². The Labute approximate surface area is 89.3 Å². The van der Waals surface area contributed by atoms with E-state index in [4.69, 9.17) is 0 Å². The van der Waals surface area contributed by atoms with Crippen LogP contribution in [-0.4, -0.2) is 9.97 Å². The van der Waals surface area contributed by atoms with Crippen LogP contribution in [0.5, 0.6) is 0 Å². The van der Waals surface area contributed by atoms with Gasteiger partial charge in [0, 0.05) is 9.85 Å². The summed E-state index contributed by atoms with van der Waals surface area (Å²) in [5.41, 5.74) is 0. The Morgan fingerprint density at radius 3 is 3.00 bits per heavy atom. The van der Waals surface area contributed by atoms with Crippen molar-refractivity contribution in [2.75, 3.05) is 0 Å². The molecule has 0 atom stereocenters. The molecular formula is C6H2BrIN2S. The van der Waals surface area contributed by atoms with Gasteiger partial charge in [0.25, 0.3) is 0 Å². The van der Waals surface area contributed by atoms with Gasteiger partial charge >= 0.3 is 0 Å². The molecule has 5 heteroatoms. The minimum absolute atomic E-state index is 1.00. The molecule has 56 valence electrons. The zero-order valence-electron chi connectivity index (χ0n) is 5.21. The standard InChI is InChI=1S/C6H2BrIN2S/c7-3-1-11-6-4(3)5(8)9-2-10-6/h1-2H. The largest absolute Gasteiger partial charge is 0.230 e. The molecule has 0 aliphatic heterocycles. The monoisotopic (exact) mass is 340 g/mol. The van der Waals surface area contributed by atoms with Crippen LogP contribution in [0.4, 0.5) is 0 Å². The van der Waals surface area contributed by atoms with Crippen LogP contribution in [0.1, 0.15) is 0 Å². The second-order valence-corrected chi connectivity index (χ2v) is 4.66. The Balaban J connectivity index is 2.96. The lowest BCUT2D eigenvalue weighted by atomic mass is 10.4. The van der Waals surface area contributed by atoms with Crippen molar-refractivity contribution >= 4 is 60.1 Å². The fourth-order valence-corrected chi connectivity index (χ4v) is 3.58. The van der Waals surface area contributed by atoms with Gasteiger partial charge in [-0.25, -0.2) is 9.97 Å². The van der Waals surface area contributed by atoms with Crippen LogP contribution < -0.4 is 0 Å². The van der Waals surface area contributed by atoms with Gasteiger partial charge in [0.2, 0.25) is 0 Å². The van der Waals surface area contributed by atoms with E-state index in [1.54, 1.807) is 17.7 Å². The van der Waals surface area contributed by atoms with Crippen molar-refractivity contribution < 1.29 is 0 Å². The number of rotatable bonds is 0. The van der Waals surface area contributed by atoms with Gasteiger partial charge in [-0.3, -0.25) is 0 Å². The molecular weight excluding hydrogens is 339 g/mol. The molecule has 2 heterocycles. The summed E-state index contributed by atoms with van der Waals surface area (Å²) in [4.78, 5) is 9.27. The number of thiophene rings is 1. The van der Waals surface area contributed by atoms with Gasteiger partial charge < -0.3 is 0 Å². The molecule has 0 radical (unpaired) electrons. The Morgan fingerprint density at radius 1 is 1.45 bits per heavy atom. The molecule has 2 rings (SSSR count). The first-order chi connectivity index (χ1) is 5.29. The van der Waals surface area contributed by atoms with Gasteiger partial charge in [-0.1, -0.05) is 0 Å². The highest BCUT2D eigenvalue weighted by atomic mass is 127. The highest BCUT2D eigenvalue weighted by Gasteiger charge is 2.05. The molecule has 2 aromatic heterocycles. The van der Waals surface area contributed by atoms with Crippen LogP contribution in [0.3, 0.4) is 0 Å². The molecule has 0 N–H and O–H groups in total. The first-order valence-electron chi connectivity index (χ1n) is 2.82. The van der Waals surface area contributed by atoms with Crippen molar-refractivity contribution in [1.82, 2.24) is 9.97 Å². The van der Waals surface area contributed by atoms with Gasteiger partial charge in [0.1, 0.15) is 14.9 Å². The zero-order valence-corrected chi connectivity index (χ0v) is 9.77. The summed E-state index contributed by atoms with van der Waals surface area (Å²) in [6.07, 6.45) is 1.59. The molecule has 0 aromatic carbocycles. The van der Waals surface area contributed by atoms with E-state index in [0.29, 0.717) is 0 Å². The molecule has 0 amide bonds. The second-order valence-electron chi connectivity index (χ2n) is 1.93. The second kappa shape index (κ2) is 2.95. The Kier molecular flexibility index (Phi) is 2.11. The third-order valence-electron chi connectivity index (χ3n) is 1.28. The molecule has 0 aliphatic rings. The lowest BCUT2D eigenvalue weighted by Gasteiger charge is -1.90. The predicted octanol–water partition coefficient (Wildman–Crippen LogP) is 3.06. The fourth-order valence-electron chi connectivity index (χ4n) is 0.806. The Hall–Kier alpha value is 0.250. The van der Waals surface area contributed by atoms with Crippen molar-refractivity contribution in [3.8, 4) is 0 Å². The predicted molar refractivity (Wildman–Crippen MR) is 57.8 cm³/mol. The van der Waals surface area contributed by atoms with E-state index in [1.165, 1.54) is 0 Å². The first kappa shape index (κ1) is 7.88. The number of aromatic nitrogens is 2. The summed E-state index contributed by atoms with van der Waals surface area (Å²) in [6.45, 7) is 0. The van der Waals surface area contributed by atoms with Crippen LogP contribution in [0.15, 0.2) is 16.2 Å². The molecule has 0 fully saturated rings. The van der Waals surface area contributed by atoms with E-state index >= 15 is 0 Å². The van der Waals surface area contributed by atoms with E-state index in [0.717, 1.165) is 18.4 Å². The summed E-state index contributed by atoms with van der Waals surface area (Å²) in [5, 5.41) is 3.15. The van der Waals surface area contributed by atoms with Crippen molar-refractivity contribution in [3.63, 3.8) is 0 Å². The van der Waals surface area contributed by atoms with Crippen LogP contribution in [0.2, 0.25) is 0 Å². The molecule has 0 aliphatic carbocycles. The van der Waals surface area contributed by atoms with Gasteiger partial charge in [0.05, 0.1) is 5.39 Å². The lowest BCUT2D eigenvalue weighted by molar-refractivity contribution is 1.20. The smallest absolute Gasteiger partial charge is 0.128 e. The van der Waals surface area contributed by atoms with Crippen molar-refractivity contribution in [1.29, 1.82) is 0 Å². The molecule has 0 saturated carbocycles. The molecule has 0 bridgehead atoms. The zero-order chi connectivity index (χ0) is 7.84. The number of halogens is 2. The molecule has 0 unspecified atom stereocenters. The van der Waals surface area contributed by atoms with Gasteiger partial charge in [-0.15, -0.1) is 11.3 Å². The van der Waals surface area contributed by atoms with Gasteiger partial charge in [-0.05, 0) is 38.5 Å². The first-order valence-corrected chi connectivity index (χ1v) is 5.57. The fraction of sp³-hybridized carbons (Fsp3) is 0. The van der Waals surface area contributed by atoms with Crippen molar-refractivity contribution in [3.05, 3.63) is 19.9 Å². The third-order valence-corrected chi connectivity index (χ3v) is 3.91. The van der Waals surface area contributed by atoms with E-state index in [-0.39, 0.29) is 0 Å². The summed E-state index contributed by atoms with van der Waals surface area (Å²) in [6, 6.07) is 0.